The summed E-state index contributed by atoms with van der Waals surface area (Å²) >= 11 is 6.71. The maximum absolute atomic E-state index is 13.3. The van der Waals surface area contributed by atoms with Gasteiger partial charge < -0.3 is 19.3 Å². The SMILES string of the molecule is CCCOC(=O)N1CCN(C(=O)c2ccc3c(Cl)c(C)c(-c4ccc(OC)cc4)nc3c2)C[C@@H]1C. The predicted molar refractivity (Wildman–Crippen MR) is 137 cm³/mol. The molecule has 0 saturated carbocycles. The van der Waals surface area contributed by atoms with Gasteiger partial charge in [0, 0.05) is 42.2 Å². The second-order valence-electron chi connectivity index (χ2n) is 8.77. The lowest BCUT2D eigenvalue weighted by molar-refractivity contribution is 0.0412. The second kappa shape index (κ2) is 10.5. The number of fused-ring (bicyclic) bond motifs is 1. The van der Waals surface area contributed by atoms with Crippen molar-refractivity contribution in [2.24, 2.45) is 0 Å². The fraction of sp³-hybridized carbons (Fsp3) is 0.370. The molecule has 0 aliphatic carbocycles. The minimum absolute atomic E-state index is 0.0928. The average Bonchev–Trinajstić information content (AvgIpc) is 2.88. The van der Waals surface area contributed by atoms with E-state index in [4.69, 9.17) is 26.1 Å². The van der Waals surface area contributed by atoms with Crippen molar-refractivity contribution in [3.05, 3.63) is 58.6 Å². The van der Waals surface area contributed by atoms with Gasteiger partial charge in [0.2, 0.25) is 0 Å². The van der Waals surface area contributed by atoms with Gasteiger partial charge in [-0.15, -0.1) is 0 Å². The summed E-state index contributed by atoms with van der Waals surface area (Å²) in [6.07, 6.45) is 0.454. The van der Waals surface area contributed by atoms with Crippen LogP contribution in [0.1, 0.15) is 36.2 Å². The summed E-state index contributed by atoms with van der Waals surface area (Å²) in [7, 11) is 1.63. The highest BCUT2D eigenvalue weighted by molar-refractivity contribution is 6.36. The Bertz CT molecular complexity index is 1250. The molecule has 2 amide bonds. The Balaban J connectivity index is 1.58. The van der Waals surface area contributed by atoms with Gasteiger partial charge in [-0.3, -0.25) is 4.79 Å². The van der Waals surface area contributed by atoms with Crippen LogP contribution in [-0.4, -0.2) is 66.2 Å². The molecule has 7 nitrogen and oxygen atoms in total. The third kappa shape index (κ3) is 5.05. The molecule has 1 fully saturated rings. The van der Waals surface area contributed by atoms with E-state index in [1.807, 2.05) is 51.1 Å². The number of hydrogen-bond donors (Lipinski definition) is 0. The lowest BCUT2D eigenvalue weighted by Crippen LogP contribution is -2.55. The van der Waals surface area contributed by atoms with E-state index in [0.29, 0.717) is 42.3 Å². The molecule has 2 heterocycles. The molecule has 0 spiro atoms. The summed E-state index contributed by atoms with van der Waals surface area (Å²) < 4.78 is 10.5. The van der Waals surface area contributed by atoms with Crippen LogP contribution in [0.4, 0.5) is 4.79 Å². The Morgan fingerprint density at radius 2 is 1.89 bits per heavy atom. The zero-order valence-electron chi connectivity index (χ0n) is 20.5. The Hall–Kier alpha value is -3.32. The topological polar surface area (TPSA) is 72.0 Å². The molecule has 184 valence electrons. The van der Waals surface area contributed by atoms with Crippen molar-refractivity contribution in [2.45, 2.75) is 33.2 Å². The van der Waals surface area contributed by atoms with Crippen LogP contribution in [0.5, 0.6) is 5.75 Å². The third-order valence-corrected chi connectivity index (χ3v) is 6.83. The van der Waals surface area contributed by atoms with Crippen LogP contribution in [0.2, 0.25) is 5.02 Å². The zero-order chi connectivity index (χ0) is 25.1. The van der Waals surface area contributed by atoms with Gasteiger partial charge in [-0.05, 0) is 62.2 Å². The monoisotopic (exact) mass is 495 g/mol. The van der Waals surface area contributed by atoms with Crippen LogP contribution < -0.4 is 4.74 Å². The Morgan fingerprint density at radius 1 is 1.14 bits per heavy atom. The first-order chi connectivity index (χ1) is 16.8. The van der Waals surface area contributed by atoms with Gasteiger partial charge in [-0.2, -0.15) is 0 Å². The van der Waals surface area contributed by atoms with E-state index in [-0.39, 0.29) is 18.0 Å². The minimum atomic E-state index is -0.322. The molecule has 0 bridgehead atoms. The number of hydrogen-bond acceptors (Lipinski definition) is 5. The molecule has 1 aliphatic heterocycles. The number of carbonyl (C=O) groups is 2. The van der Waals surface area contributed by atoms with E-state index >= 15 is 0 Å². The maximum Gasteiger partial charge on any atom is 0.410 e. The van der Waals surface area contributed by atoms with Crippen LogP contribution in [0, 0.1) is 6.92 Å². The molecule has 2 aromatic carbocycles. The first kappa shape index (κ1) is 24.8. The Kier molecular flexibility index (Phi) is 7.45. The fourth-order valence-corrected chi connectivity index (χ4v) is 4.60. The van der Waals surface area contributed by atoms with Crippen molar-refractivity contribution in [1.82, 2.24) is 14.8 Å². The van der Waals surface area contributed by atoms with Crippen molar-refractivity contribution < 1.29 is 19.1 Å². The quantitative estimate of drug-likeness (QED) is 0.463. The Labute approximate surface area is 210 Å². The van der Waals surface area contributed by atoms with E-state index in [9.17, 15) is 9.59 Å². The standard InChI is InChI=1S/C27H30ClN3O4/c1-5-14-35-27(33)31-13-12-30(16-17(31)2)26(32)20-8-11-22-23(15-20)29-25(18(3)24(22)28)19-6-9-21(34-4)10-7-19/h6-11,15,17H,5,12-14,16H2,1-4H3/t17-/m0/s1. The molecule has 0 radical (unpaired) electrons. The second-order valence-corrected chi connectivity index (χ2v) is 9.15. The van der Waals surface area contributed by atoms with Gasteiger partial charge in [-0.1, -0.05) is 24.6 Å². The van der Waals surface area contributed by atoms with E-state index in [0.717, 1.165) is 34.4 Å². The van der Waals surface area contributed by atoms with Crippen molar-refractivity contribution in [3.8, 4) is 17.0 Å². The number of pyridine rings is 1. The van der Waals surface area contributed by atoms with Crippen LogP contribution in [0.15, 0.2) is 42.5 Å². The molecular weight excluding hydrogens is 466 g/mol. The lowest BCUT2D eigenvalue weighted by Gasteiger charge is -2.39. The number of carbonyl (C=O) groups excluding carboxylic acids is 2. The molecule has 8 heteroatoms. The molecule has 1 aliphatic rings. The normalized spacial score (nSPS) is 15.9. The predicted octanol–water partition coefficient (Wildman–Crippen LogP) is 5.57. The molecule has 1 saturated heterocycles. The first-order valence-corrected chi connectivity index (χ1v) is 12.2. The van der Waals surface area contributed by atoms with Gasteiger partial charge >= 0.3 is 6.09 Å². The molecule has 0 unspecified atom stereocenters. The number of rotatable bonds is 5. The number of ether oxygens (including phenoxy) is 2. The number of piperazine rings is 1. The molecule has 4 rings (SSSR count). The van der Waals surface area contributed by atoms with Crippen molar-refractivity contribution >= 4 is 34.5 Å². The van der Waals surface area contributed by atoms with Crippen LogP contribution >= 0.6 is 11.6 Å². The highest BCUT2D eigenvalue weighted by Crippen LogP contribution is 2.34. The van der Waals surface area contributed by atoms with Crippen LogP contribution in [-0.2, 0) is 4.74 Å². The maximum atomic E-state index is 13.3. The number of aromatic nitrogens is 1. The Morgan fingerprint density at radius 3 is 2.54 bits per heavy atom. The van der Waals surface area contributed by atoms with Crippen LogP contribution in [0.3, 0.4) is 0 Å². The smallest absolute Gasteiger partial charge is 0.410 e. The van der Waals surface area contributed by atoms with Crippen LogP contribution in [0.25, 0.3) is 22.2 Å². The van der Waals surface area contributed by atoms with Gasteiger partial charge in [0.25, 0.3) is 5.91 Å². The zero-order valence-corrected chi connectivity index (χ0v) is 21.3. The van der Waals surface area contributed by atoms with E-state index in [2.05, 4.69) is 0 Å². The molecule has 3 aromatic rings. The summed E-state index contributed by atoms with van der Waals surface area (Å²) in [5.74, 6) is 0.670. The van der Waals surface area contributed by atoms with Gasteiger partial charge in [-0.25, -0.2) is 9.78 Å². The first-order valence-electron chi connectivity index (χ1n) is 11.8. The fourth-order valence-electron chi connectivity index (χ4n) is 4.35. The van der Waals surface area contributed by atoms with Gasteiger partial charge in [0.1, 0.15) is 5.75 Å². The summed E-state index contributed by atoms with van der Waals surface area (Å²) in [5.41, 5.74) is 3.77. The van der Waals surface area contributed by atoms with Crippen molar-refractivity contribution in [3.63, 3.8) is 0 Å². The van der Waals surface area contributed by atoms with Gasteiger partial charge in [0.05, 0.1) is 29.9 Å². The highest BCUT2D eigenvalue weighted by atomic mass is 35.5. The number of amides is 2. The summed E-state index contributed by atoms with van der Waals surface area (Å²) in [6, 6.07) is 13.0. The van der Waals surface area contributed by atoms with Gasteiger partial charge in [0.15, 0.2) is 0 Å². The molecular formula is C27H30ClN3O4. The van der Waals surface area contributed by atoms with Crippen molar-refractivity contribution in [1.29, 1.82) is 0 Å². The van der Waals surface area contributed by atoms with Crippen molar-refractivity contribution in [2.75, 3.05) is 33.4 Å². The molecule has 1 atom stereocenters. The number of methoxy groups -OCH3 is 1. The van der Waals surface area contributed by atoms with E-state index in [1.54, 1.807) is 29.0 Å². The summed E-state index contributed by atoms with van der Waals surface area (Å²) in [4.78, 5) is 33.9. The largest absolute Gasteiger partial charge is 0.497 e. The lowest BCUT2D eigenvalue weighted by atomic mass is 10.0. The van der Waals surface area contributed by atoms with E-state index < -0.39 is 0 Å². The number of halogens is 1. The molecule has 35 heavy (non-hydrogen) atoms. The number of nitrogens with zero attached hydrogens (tertiary/aromatic N) is 3. The molecule has 1 aromatic heterocycles. The average molecular weight is 496 g/mol. The summed E-state index contributed by atoms with van der Waals surface area (Å²) in [5, 5.41) is 1.42. The summed E-state index contributed by atoms with van der Waals surface area (Å²) in [6.45, 7) is 7.56. The van der Waals surface area contributed by atoms with E-state index in [1.165, 1.54) is 0 Å². The number of benzene rings is 2. The highest BCUT2D eigenvalue weighted by Gasteiger charge is 2.31. The minimum Gasteiger partial charge on any atom is -0.497 e. The third-order valence-electron chi connectivity index (χ3n) is 6.34. The molecule has 0 N–H and O–H groups in total.